The molecule has 1 atom stereocenters. The molecule has 3 aromatic rings. The fourth-order valence-electron chi connectivity index (χ4n) is 3.24. The number of alkyl halides is 3. The summed E-state index contributed by atoms with van der Waals surface area (Å²) >= 11 is 1.47. The Bertz CT molecular complexity index is 1450. The number of fused-ring (bicyclic) bond motifs is 1. The van der Waals surface area contributed by atoms with Gasteiger partial charge in [0, 0.05) is 28.4 Å². The van der Waals surface area contributed by atoms with Crippen LogP contribution < -0.4 is 4.72 Å². The van der Waals surface area contributed by atoms with Gasteiger partial charge in [-0.05, 0) is 43.5 Å². The smallest absolute Gasteiger partial charge is 0.291 e. The first kappa shape index (κ1) is 23.0. The van der Waals surface area contributed by atoms with Crippen LogP contribution in [-0.2, 0) is 10.0 Å². The number of rotatable bonds is 6. The zero-order valence-corrected chi connectivity index (χ0v) is 18.9. The summed E-state index contributed by atoms with van der Waals surface area (Å²) in [5, 5.41) is 10.5. The van der Waals surface area contributed by atoms with E-state index < -0.39 is 27.1 Å². The van der Waals surface area contributed by atoms with Crippen LogP contribution in [0.4, 0.5) is 13.2 Å². The second-order valence-corrected chi connectivity index (χ2v) is 9.73. The Morgan fingerprint density at radius 2 is 1.97 bits per heavy atom. The molecule has 0 unspecified atom stereocenters. The van der Waals surface area contributed by atoms with Crippen LogP contribution in [0.2, 0.25) is 0 Å². The molecule has 0 radical (unpaired) electrons. The van der Waals surface area contributed by atoms with Crippen molar-refractivity contribution in [3.05, 3.63) is 54.4 Å². The highest BCUT2D eigenvalue weighted by Gasteiger charge is 2.39. The van der Waals surface area contributed by atoms with Crippen LogP contribution in [0.5, 0.6) is 0 Å². The van der Waals surface area contributed by atoms with Crippen molar-refractivity contribution in [2.75, 3.05) is 6.26 Å². The molecule has 33 heavy (non-hydrogen) atoms. The van der Waals surface area contributed by atoms with Gasteiger partial charge in [0.15, 0.2) is 0 Å². The molecule has 1 aliphatic rings. The van der Waals surface area contributed by atoms with Crippen molar-refractivity contribution in [2.24, 2.45) is 0 Å². The van der Waals surface area contributed by atoms with Gasteiger partial charge in [0.05, 0.1) is 17.0 Å². The van der Waals surface area contributed by atoms with Crippen molar-refractivity contribution in [2.45, 2.75) is 28.9 Å². The lowest BCUT2D eigenvalue weighted by Crippen LogP contribution is -2.42. The van der Waals surface area contributed by atoms with E-state index in [-0.39, 0.29) is 5.69 Å². The molecule has 0 bridgehead atoms. The predicted octanol–water partition coefficient (Wildman–Crippen LogP) is 4.33. The molecule has 170 valence electrons. The van der Waals surface area contributed by atoms with Gasteiger partial charge in [-0.3, -0.25) is 9.55 Å². The highest BCUT2D eigenvalue weighted by Crippen LogP contribution is 2.37. The van der Waals surface area contributed by atoms with E-state index in [0.717, 1.165) is 22.9 Å². The predicted molar refractivity (Wildman–Crippen MR) is 119 cm³/mol. The van der Waals surface area contributed by atoms with Gasteiger partial charge in [0.1, 0.15) is 22.7 Å². The molecule has 0 aromatic carbocycles. The van der Waals surface area contributed by atoms with E-state index in [1.165, 1.54) is 17.8 Å². The average molecular weight is 492 g/mol. The number of thioether (sulfide) groups is 1. The third-order valence-electron chi connectivity index (χ3n) is 5.03. The molecule has 4 rings (SSSR count). The quantitative estimate of drug-likeness (QED) is 0.515. The summed E-state index contributed by atoms with van der Waals surface area (Å²) in [6.45, 7) is 0.715. The fourth-order valence-corrected chi connectivity index (χ4v) is 4.81. The van der Waals surface area contributed by atoms with Gasteiger partial charge in [0.25, 0.3) is 0 Å². The molecule has 1 N–H and O–H groups in total. The monoisotopic (exact) mass is 491 g/mol. The highest BCUT2D eigenvalue weighted by molar-refractivity contribution is 7.98. The number of halogens is 3. The molecule has 1 aliphatic carbocycles. The molecule has 12 heteroatoms. The second kappa shape index (κ2) is 8.33. The van der Waals surface area contributed by atoms with Gasteiger partial charge in [-0.2, -0.15) is 23.2 Å². The number of nitrogens with one attached hydrogen (secondary N) is 1. The van der Waals surface area contributed by atoms with Crippen molar-refractivity contribution in [1.29, 1.82) is 5.26 Å². The molecule has 0 fully saturated rings. The lowest BCUT2D eigenvalue weighted by molar-refractivity contribution is -0.147. The average Bonchev–Trinajstić information content (AvgIpc) is 3.04. The highest BCUT2D eigenvalue weighted by atomic mass is 32.2. The van der Waals surface area contributed by atoms with Crippen molar-refractivity contribution in [1.82, 2.24) is 19.3 Å². The van der Waals surface area contributed by atoms with Crippen LogP contribution in [0.15, 0.2) is 58.6 Å². The van der Waals surface area contributed by atoms with E-state index in [9.17, 15) is 26.9 Å². The van der Waals surface area contributed by atoms with Gasteiger partial charge < -0.3 is 0 Å². The summed E-state index contributed by atoms with van der Waals surface area (Å²) in [7, 11) is -4.45. The third kappa shape index (κ3) is 4.15. The molecule has 0 saturated carbocycles. The Morgan fingerprint density at radius 3 is 2.48 bits per heavy atom. The van der Waals surface area contributed by atoms with Crippen molar-refractivity contribution in [3.8, 4) is 17.5 Å². The Labute approximate surface area is 191 Å². The molecule has 3 heterocycles. The first-order valence-corrected chi connectivity index (χ1v) is 12.2. The van der Waals surface area contributed by atoms with E-state index in [1.54, 1.807) is 15.5 Å². The Kier molecular flexibility index (Phi) is 5.81. The summed E-state index contributed by atoms with van der Waals surface area (Å²) < 4.78 is 66.4. The number of aromatic nitrogens is 3. The Hall–Kier alpha value is -3.14. The molecule has 0 spiro atoms. The zero-order chi connectivity index (χ0) is 24.0. The topological polar surface area (TPSA) is 101 Å². The van der Waals surface area contributed by atoms with Crippen molar-refractivity contribution < 1.29 is 21.6 Å². The maximum absolute atomic E-state index is 12.8. The molecular weight excluding hydrogens is 475 g/mol. The largest absolute Gasteiger partial charge is 0.404 e. The number of nitrogens with zero attached hydrogens (tertiary/aromatic N) is 4. The number of nitriles is 1. The first-order chi connectivity index (χ1) is 15.6. The fraction of sp³-hybridized carbons (Fsp3) is 0.190. The Balaban J connectivity index is 1.82. The molecule has 0 saturated heterocycles. The maximum Gasteiger partial charge on any atom is 0.404 e. The standard InChI is InChI=1S/C21H16F3N5O2S2/c1-12(21(22,23)24)28-33(30,31)15-6-7-18(26-11-15)19-17(9-25)16-8-14(32-2)10-27-20(16)29(19)13-4-3-5-13/h3-8,10-12,28H,1-2H3/t12-/m0/s1. The van der Waals surface area contributed by atoms with Crippen LogP contribution in [-0.4, -0.2) is 41.4 Å². The number of sulfonamides is 1. The van der Waals surface area contributed by atoms with Crippen molar-refractivity contribution in [3.63, 3.8) is 0 Å². The third-order valence-corrected chi connectivity index (χ3v) is 7.26. The minimum Gasteiger partial charge on any atom is -0.291 e. The maximum atomic E-state index is 12.8. The van der Waals surface area contributed by atoms with Gasteiger partial charge >= 0.3 is 6.18 Å². The number of allylic oxidation sites excluding steroid dienone is 4. The van der Waals surface area contributed by atoms with Gasteiger partial charge in [-0.25, -0.2) is 13.4 Å². The van der Waals surface area contributed by atoms with Gasteiger partial charge in [0.2, 0.25) is 10.0 Å². The van der Waals surface area contributed by atoms with E-state index in [0.29, 0.717) is 29.2 Å². The number of hydrogen-bond acceptors (Lipinski definition) is 6. The summed E-state index contributed by atoms with van der Waals surface area (Å²) in [5.41, 5.74) is 2.30. The van der Waals surface area contributed by atoms with Crippen LogP contribution >= 0.6 is 11.8 Å². The molecule has 0 amide bonds. The summed E-state index contributed by atoms with van der Waals surface area (Å²) in [6, 6.07) is 4.28. The minimum atomic E-state index is -4.73. The molecule has 7 nitrogen and oxygen atoms in total. The Morgan fingerprint density at radius 1 is 1.24 bits per heavy atom. The lowest BCUT2D eigenvalue weighted by Gasteiger charge is -2.17. The van der Waals surface area contributed by atoms with Crippen molar-refractivity contribution >= 4 is 38.5 Å². The number of pyridine rings is 2. The molecule has 0 aliphatic heterocycles. The van der Waals surface area contributed by atoms with E-state index in [1.807, 2.05) is 30.6 Å². The van der Waals surface area contributed by atoms with Gasteiger partial charge in [-0.15, -0.1) is 11.8 Å². The normalized spacial score (nSPS) is 14.6. The van der Waals surface area contributed by atoms with Crippen LogP contribution in [0.1, 0.15) is 12.5 Å². The zero-order valence-electron chi connectivity index (χ0n) is 17.3. The van der Waals surface area contributed by atoms with Crippen LogP contribution in [0, 0.1) is 11.3 Å². The number of hydrogen-bond donors (Lipinski definition) is 1. The summed E-state index contributed by atoms with van der Waals surface area (Å²) in [4.78, 5) is 9.11. The second-order valence-electron chi connectivity index (χ2n) is 7.13. The summed E-state index contributed by atoms with van der Waals surface area (Å²) in [5.74, 6) is 0. The molecule has 3 aromatic heterocycles. The first-order valence-electron chi connectivity index (χ1n) is 9.49. The minimum absolute atomic E-state index is 0.277. The lowest BCUT2D eigenvalue weighted by atomic mass is 10.1. The molecular formula is C21H16F3N5O2S2. The summed E-state index contributed by atoms with van der Waals surface area (Å²) in [6.07, 6.45) is 5.30. The van der Waals surface area contributed by atoms with Crippen LogP contribution in [0.25, 0.3) is 28.1 Å². The van der Waals surface area contributed by atoms with E-state index in [4.69, 9.17) is 0 Å². The van der Waals surface area contributed by atoms with Gasteiger partial charge in [-0.1, -0.05) is 6.08 Å². The van der Waals surface area contributed by atoms with Crippen LogP contribution in [0.3, 0.4) is 0 Å². The van der Waals surface area contributed by atoms with E-state index >= 15 is 0 Å². The SMILES string of the molecule is CSc1cnc2c(c1)c(C#N)c(-c1ccc(S(=O)(=O)N[C@@H](C)C(F)(F)F)cn1)n2C1=CC=C1. The van der Waals surface area contributed by atoms with E-state index in [2.05, 4.69) is 16.0 Å².